The largest absolute Gasteiger partial charge is 0.416 e. The number of hydrogen-bond acceptors (Lipinski definition) is 4. The van der Waals surface area contributed by atoms with Crippen molar-refractivity contribution < 1.29 is 22.7 Å². The van der Waals surface area contributed by atoms with E-state index in [4.69, 9.17) is 23.2 Å². The van der Waals surface area contributed by atoms with Crippen LogP contribution in [0.5, 0.6) is 5.88 Å². The highest BCUT2D eigenvalue weighted by Gasteiger charge is 2.24. The standard InChI is InChI=1S/C11H6Cl2F3N3O2/c1-19-10(21-11(15)16)7(13)9(18-19)8-5(14)2-4(12)6(3-20)17-8/h2-3,11H,1H3. The summed E-state index contributed by atoms with van der Waals surface area (Å²) in [6.07, 6.45) is 0.318. The van der Waals surface area contributed by atoms with Crippen molar-refractivity contribution in [1.29, 1.82) is 0 Å². The number of alkyl halides is 2. The Kier molecular flexibility index (Phi) is 4.38. The summed E-state index contributed by atoms with van der Waals surface area (Å²) in [6.45, 7) is -3.13. The van der Waals surface area contributed by atoms with Gasteiger partial charge in [0.25, 0.3) is 0 Å². The molecule has 5 nitrogen and oxygen atoms in total. The summed E-state index contributed by atoms with van der Waals surface area (Å²) in [5, 5.41) is 3.21. The minimum absolute atomic E-state index is 0.192. The molecule has 0 fully saturated rings. The van der Waals surface area contributed by atoms with Crippen LogP contribution in [-0.2, 0) is 7.05 Å². The van der Waals surface area contributed by atoms with Gasteiger partial charge in [0.15, 0.2) is 12.1 Å². The monoisotopic (exact) mass is 339 g/mol. The van der Waals surface area contributed by atoms with Crippen LogP contribution in [-0.4, -0.2) is 27.7 Å². The molecule has 0 unspecified atom stereocenters. The number of pyridine rings is 1. The summed E-state index contributed by atoms with van der Waals surface area (Å²) >= 11 is 11.5. The Labute approximate surface area is 126 Å². The number of aryl methyl sites for hydroxylation is 1. The Morgan fingerprint density at radius 1 is 1.38 bits per heavy atom. The van der Waals surface area contributed by atoms with E-state index < -0.39 is 24.0 Å². The predicted octanol–water partition coefficient (Wildman–Crippen LogP) is 3.34. The summed E-state index contributed by atoms with van der Waals surface area (Å²) < 4.78 is 43.5. The lowest BCUT2D eigenvalue weighted by Crippen LogP contribution is -2.06. The molecule has 0 aliphatic rings. The van der Waals surface area contributed by atoms with Crippen LogP contribution in [0.15, 0.2) is 6.07 Å². The van der Waals surface area contributed by atoms with Gasteiger partial charge in [0.1, 0.15) is 22.1 Å². The molecule has 0 spiro atoms. The van der Waals surface area contributed by atoms with Gasteiger partial charge in [-0.25, -0.2) is 14.1 Å². The normalized spacial score (nSPS) is 11.0. The zero-order chi connectivity index (χ0) is 15.7. The number of aldehydes is 1. The van der Waals surface area contributed by atoms with Crippen molar-refractivity contribution in [2.75, 3.05) is 0 Å². The van der Waals surface area contributed by atoms with E-state index >= 15 is 0 Å². The van der Waals surface area contributed by atoms with Crippen molar-refractivity contribution in [3.63, 3.8) is 0 Å². The molecular weight excluding hydrogens is 334 g/mol. The molecule has 0 aromatic carbocycles. The summed E-state index contributed by atoms with van der Waals surface area (Å²) in [6, 6.07) is 0.853. The zero-order valence-corrected chi connectivity index (χ0v) is 11.8. The van der Waals surface area contributed by atoms with Gasteiger partial charge in [-0.2, -0.15) is 13.9 Å². The van der Waals surface area contributed by atoms with Gasteiger partial charge in [-0.15, -0.1) is 0 Å². The summed E-state index contributed by atoms with van der Waals surface area (Å²) in [7, 11) is 1.28. The van der Waals surface area contributed by atoms with E-state index in [1.54, 1.807) is 0 Å². The lowest BCUT2D eigenvalue weighted by molar-refractivity contribution is -0.0552. The lowest BCUT2D eigenvalue weighted by atomic mass is 10.2. The third kappa shape index (κ3) is 2.96. The van der Waals surface area contributed by atoms with E-state index in [2.05, 4.69) is 14.8 Å². The predicted molar refractivity (Wildman–Crippen MR) is 68.4 cm³/mol. The minimum Gasteiger partial charge on any atom is -0.416 e. The van der Waals surface area contributed by atoms with Crippen molar-refractivity contribution in [3.05, 3.63) is 27.6 Å². The van der Waals surface area contributed by atoms with Gasteiger partial charge in [-0.1, -0.05) is 23.2 Å². The first-order valence-corrected chi connectivity index (χ1v) is 6.09. The lowest BCUT2D eigenvalue weighted by Gasteiger charge is -2.04. The van der Waals surface area contributed by atoms with Crippen LogP contribution in [0, 0.1) is 5.82 Å². The average Bonchev–Trinajstić information content (AvgIpc) is 2.66. The molecule has 0 aliphatic heterocycles. The minimum atomic E-state index is -3.13. The van der Waals surface area contributed by atoms with Gasteiger partial charge in [0, 0.05) is 7.05 Å². The number of ether oxygens (including phenoxy) is 1. The summed E-state index contributed by atoms with van der Waals surface area (Å²) in [5.74, 6) is -1.36. The molecule has 0 saturated carbocycles. The molecule has 2 aromatic heterocycles. The molecule has 2 rings (SSSR count). The molecule has 2 heterocycles. The maximum atomic E-state index is 13.9. The van der Waals surface area contributed by atoms with Gasteiger partial charge in [-0.05, 0) is 6.07 Å². The Morgan fingerprint density at radius 2 is 2.05 bits per heavy atom. The molecule has 0 aliphatic carbocycles. The topological polar surface area (TPSA) is 57.0 Å². The van der Waals surface area contributed by atoms with Crippen LogP contribution in [0.25, 0.3) is 11.4 Å². The molecule has 0 saturated heterocycles. The molecule has 0 bridgehead atoms. The van der Waals surface area contributed by atoms with Crippen LogP contribution in [0.1, 0.15) is 10.5 Å². The number of carbonyl (C=O) groups is 1. The molecule has 0 atom stereocenters. The van der Waals surface area contributed by atoms with Gasteiger partial charge < -0.3 is 4.74 Å². The third-order valence-electron chi connectivity index (χ3n) is 2.43. The zero-order valence-electron chi connectivity index (χ0n) is 10.3. The molecule has 0 N–H and O–H groups in total. The van der Waals surface area contributed by atoms with E-state index in [9.17, 15) is 18.0 Å². The molecular formula is C11H6Cl2F3N3O2. The van der Waals surface area contributed by atoms with E-state index in [1.165, 1.54) is 7.05 Å². The fourth-order valence-corrected chi connectivity index (χ4v) is 2.05. The third-order valence-corrected chi connectivity index (χ3v) is 3.08. The number of carbonyl (C=O) groups excluding carboxylic acids is 1. The van der Waals surface area contributed by atoms with Crippen molar-refractivity contribution >= 4 is 29.5 Å². The fourth-order valence-electron chi connectivity index (χ4n) is 1.58. The quantitative estimate of drug-likeness (QED) is 0.801. The Bertz CT molecular complexity index is 707. The van der Waals surface area contributed by atoms with Crippen LogP contribution >= 0.6 is 23.2 Å². The van der Waals surface area contributed by atoms with Crippen molar-refractivity contribution in [1.82, 2.24) is 14.8 Å². The van der Waals surface area contributed by atoms with Gasteiger partial charge in [-0.3, -0.25) is 4.79 Å². The SMILES string of the molecule is Cn1nc(-c2nc(C=O)c(Cl)cc2F)c(Cl)c1OC(F)F. The van der Waals surface area contributed by atoms with Crippen molar-refractivity contribution in [2.24, 2.45) is 7.05 Å². The molecule has 112 valence electrons. The highest BCUT2D eigenvalue weighted by Crippen LogP contribution is 2.36. The Hall–Kier alpha value is -1.80. The fraction of sp³-hybridized carbons (Fsp3) is 0.182. The molecule has 0 radical (unpaired) electrons. The second kappa shape index (κ2) is 5.90. The highest BCUT2D eigenvalue weighted by molar-refractivity contribution is 6.34. The van der Waals surface area contributed by atoms with Crippen LogP contribution in [0.2, 0.25) is 10.0 Å². The molecule has 21 heavy (non-hydrogen) atoms. The summed E-state index contributed by atoms with van der Waals surface area (Å²) in [4.78, 5) is 14.4. The van der Waals surface area contributed by atoms with Gasteiger partial charge in [0.05, 0.1) is 5.02 Å². The first-order valence-electron chi connectivity index (χ1n) is 5.34. The van der Waals surface area contributed by atoms with Crippen LogP contribution < -0.4 is 4.74 Å². The average molecular weight is 340 g/mol. The molecule has 0 amide bonds. The first-order chi connectivity index (χ1) is 9.85. The number of nitrogens with zero attached hydrogens (tertiary/aromatic N) is 3. The van der Waals surface area contributed by atoms with Crippen LogP contribution in [0.4, 0.5) is 13.2 Å². The maximum Gasteiger partial charge on any atom is 0.388 e. The van der Waals surface area contributed by atoms with Crippen molar-refractivity contribution in [3.8, 4) is 17.3 Å². The number of rotatable bonds is 4. The Morgan fingerprint density at radius 3 is 2.62 bits per heavy atom. The Balaban J connectivity index is 2.60. The van der Waals surface area contributed by atoms with Gasteiger partial charge in [0.2, 0.25) is 5.88 Å². The molecule has 10 heteroatoms. The van der Waals surface area contributed by atoms with Crippen LogP contribution in [0.3, 0.4) is 0 Å². The van der Waals surface area contributed by atoms with E-state index in [-0.39, 0.29) is 21.4 Å². The first kappa shape index (κ1) is 15.6. The summed E-state index contributed by atoms with van der Waals surface area (Å²) in [5.41, 5.74) is -0.871. The van der Waals surface area contributed by atoms with Gasteiger partial charge >= 0.3 is 6.61 Å². The second-order valence-electron chi connectivity index (χ2n) is 3.77. The second-order valence-corrected chi connectivity index (χ2v) is 4.56. The van der Waals surface area contributed by atoms with E-state index in [0.29, 0.717) is 6.29 Å². The molecule has 2 aromatic rings. The highest BCUT2D eigenvalue weighted by atomic mass is 35.5. The number of halogens is 5. The smallest absolute Gasteiger partial charge is 0.388 e. The van der Waals surface area contributed by atoms with E-state index in [0.717, 1.165) is 10.7 Å². The maximum absolute atomic E-state index is 13.9. The number of hydrogen-bond donors (Lipinski definition) is 0. The van der Waals surface area contributed by atoms with Crippen molar-refractivity contribution in [2.45, 2.75) is 6.61 Å². The van der Waals surface area contributed by atoms with E-state index in [1.807, 2.05) is 0 Å². The number of aromatic nitrogens is 3.